The van der Waals surface area contributed by atoms with Gasteiger partial charge in [-0.1, -0.05) is 6.07 Å². The minimum absolute atomic E-state index is 0.0393. The van der Waals surface area contributed by atoms with Gasteiger partial charge in [-0.25, -0.2) is 0 Å². The van der Waals surface area contributed by atoms with Crippen LogP contribution in [0.15, 0.2) is 27.4 Å². The summed E-state index contributed by atoms with van der Waals surface area (Å²) in [5.74, 6) is -0.813. The number of thiophene rings is 1. The maximum Gasteiger partial charge on any atom is 0.292 e. The molecule has 3 aromatic rings. The molecule has 5 rings (SSSR count). The van der Waals surface area contributed by atoms with E-state index in [1.165, 1.54) is 17.4 Å². The Balaban J connectivity index is 1.43. The monoisotopic (exact) mass is 466 g/mol. The van der Waals surface area contributed by atoms with Gasteiger partial charge in [0, 0.05) is 24.1 Å². The summed E-state index contributed by atoms with van der Waals surface area (Å²) in [4.78, 5) is 39.9. The van der Waals surface area contributed by atoms with Gasteiger partial charge in [-0.3, -0.25) is 14.4 Å². The van der Waals surface area contributed by atoms with E-state index < -0.39 is 5.91 Å². The number of hydrogen-bond acceptors (Lipinski definition) is 6. The molecular weight excluding hydrogens is 440 g/mol. The number of ether oxygens (including phenoxy) is 1. The predicted octanol–water partition coefficient (Wildman–Crippen LogP) is 4.12. The highest BCUT2D eigenvalue weighted by Crippen LogP contribution is 2.39. The van der Waals surface area contributed by atoms with E-state index in [0.717, 1.165) is 60.3 Å². The largest absolute Gasteiger partial charge is 0.450 e. The Morgan fingerprint density at radius 1 is 1.12 bits per heavy atom. The van der Waals surface area contributed by atoms with E-state index in [4.69, 9.17) is 9.15 Å². The molecule has 3 heterocycles. The molecule has 2 aromatic heterocycles. The highest BCUT2D eigenvalue weighted by molar-refractivity contribution is 7.17. The number of benzene rings is 1. The highest BCUT2D eigenvalue weighted by Gasteiger charge is 2.29. The van der Waals surface area contributed by atoms with Crippen LogP contribution in [0.5, 0.6) is 0 Å². The normalized spacial score (nSPS) is 17.3. The van der Waals surface area contributed by atoms with Crippen molar-refractivity contribution < 1.29 is 18.7 Å². The Hall–Kier alpha value is -2.97. The second-order valence-electron chi connectivity index (χ2n) is 8.79. The van der Waals surface area contributed by atoms with Gasteiger partial charge in [0.1, 0.15) is 10.6 Å². The van der Waals surface area contributed by atoms with Crippen molar-refractivity contribution in [3.05, 3.63) is 61.3 Å². The lowest BCUT2D eigenvalue weighted by Crippen LogP contribution is -2.32. The minimum atomic E-state index is -0.540. The van der Waals surface area contributed by atoms with Gasteiger partial charge >= 0.3 is 0 Å². The molecule has 2 aliphatic rings. The van der Waals surface area contributed by atoms with E-state index in [0.29, 0.717) is 28.1 Å². The van der Waals surface area contributed by atoms with E-state index in [2.05, 4.69) is 10.6 Å². The van der Waals surface area contributed by atoms with Gasteiger partial charge in [0.25, 0.3) is 11.8 Å². The van der Waals surface area contributed by atoms with Crippen molar-refractivity contribution in [2.75, 3.05) is 18.5 Å². The first kappa shape index (κ1) is 21.9. The number of rotatable bonds is 5. The van der Waals surface area contributed by atoms with E-state index in [1.807, 2.05) is 19.9 Å². The molecule has 2 amide bonds. The average molecular weight is 467 g/mol. The Morgan fingerprint density at radius 2 is 1.97 bits per heavy atom. The summed E-state index contributed by atoms with van der Waals surface area (Å²) in [5.41, 5.74) is 3.41. The molecule has 1 aliphatic carbocycles. The number of nitrogens with one attached hydrogen (secondary N) is 2. The number of carbonyl (C=O) groups is 2. The summed E-state index contributed by atoms with van der Waals surface area (Å²) in [6.07, 6.45) is 4.69. The van der Waals surface area contributed by atoms with Crippen molar-refractivity contribution in [2.24, 2.45) is 0 Å². The van der Waals surface area contributed by atoms with Crippen LogP contribution in [0.4, 0.5) is 5.00 Å². The molecule has 0 saturated carbocycles. The molecule has 0 unspecified atom stereocenters. The molecule has 0 bridgehead atoms. The fraction of sp³-hybridized carbons (Fsp3) is 0.400. The summed E-state index contributed by atoms with van der Waals surface area (Å²) in [7, 11) is 0. The molecule has 7 nitrogen and oxygen atoms in total. The lowest BCUT2D eigenvalue weighted by molar-refractivity contribution is 0.0858. The van der Waals surface area contributed by atoms with Crippen LogP contribution in [0.1, 0.15) is 61.7 Å². The second kappa shape index (κ2) is 8.76. The molecule has 172 valence electrons. The molecule has 1 atom stereocenters. The fourth-order valence-corrected chi connectivity index (χ4v) is 6.00. The van der Waals surface area contributed by atoms with Crippen LogP contribution < -0.4 is 16.1 Å². The Labute approximate surface area is 195 Å². The SMILES string of the molecule is Cc1cc(C)c2oc(C(=O)Nc3sc4c(c3C(=O)NC[C@@H]3CCCO3)CCC4)cc(=O)c2c1. The molecule has 8 heteroatoms. The van der Waals surface area contributed by atoms with Gasteiger partial charge in [0.15, 0.2) is 11.2 Å². The summed E-state index contributed by atoms with van der Waals surface area (Å²) < 4.78 is 11.4. The quantitative estimate of drug-likeness (QED) is 0.590. The zero-order chi connectivity index (χ0) is 23.1. The van der Waals surface area contributed by atoms with Gasteiger partial charge in [-0.15, -0.1) is 11.3 Å². The summed E-state index contributed by atoms with van der Waals surface area (Å²) >= 11 is 1.43. The number of carbonyl (C=O) groups excluding carboxylic acids is 2. The molecule has 2 N–H and O–H groups in total. The van der Waals surface area contributed by atoms with Gasteiger partial charge in [0.05, 0.1) is 17.1 Å². The fourth-order valence-electron chi connectivity index (χ4n) is 4.72. The zero-order valence-corrected chi connectivity index (χ0v) is 19.5. The maximum absolute atomic E-state index is 13.1. The van der Waals surface area contributed by atoms with Crippen molar-refractivity contribution in [3.63, 3.8) is 0 Å². The van der Waals surface area contributed by atoms with Crippen molar-refractivity contribution in [3.8, 4) is 0 Å². The van der Waals surface area contributed by atoms with Crippen LogP contribution in [-0.4, -0.2) is 31.1 Å². The molecule has 1 aliphatic heterocycles. The molecule has 1 saturated heterocycles. The van der Waals surface area contributed by atoms with Gasteiger partial charge < -0.3 is 19.8 Å². The van der Waals surface area contributed by atoms with Crippen LogP contribution in [0.25, 0.3) is 11.0 Å². The van der Waals surface area contributed by atoms with E-state index in [1.54, 1.807) is 6.07 Å². The topological polar surface area (TPSA) is 97.6 Å². The van der Waals surface area contributed by atoms with Crippen molar-refractivity contribution >= 4 is 39.1 Å². The highest BCUT2D eigenvalue weighted by atomic mass is 32.1. The van der Waals surface area contributed by atoms with Crippen molar-refractivity contribution in [2.45, 2.75) is 52.1 Å². The van der Waals surface area contributed by atoms with E-state index in [9.17, 15) is 14.4 Å². The smallest absolute Gasteiger partial charge is 0.292 e. The van der Waals surface area contributed by atoms with Gasteiger partial charge in [-0.2, -0.15) is 0 Å². The van der Waals surface area contributed by atoms with E-state index in [-0.39, 0.29) is 23.2 Å². The van der Waals surface area contributed by atoms with E-state index >= 15 is 0 Å². The van der Waals surface area contributed by atoms with Crippen LogP contribution in [0.3, 0.4) is 0 Å². The number of aryl methyl sites for hydroxylation is 3. The molecule has 33 heavy (non-hydrogen) atoms. The van der Waals surface area contributed by atoms with Gasteiger partial charge in [-0.05, 0) is 68.7 Å². The third-order valence-corrected chi connectivity index (χ3v) is 7.48. The first-order valence-corrected chi connectivity index (χ1v) is 12.1. The molecule has 1 aromatic carbocycles. The first-order chi connectivity index (χ1) is 15.9. The van der Waals surface area contributed by atoms with Crippen LogP contribution in [-0.2, 0) is 17.6 Å². The van der Waals surface area contributed by atoms with Crippen LogP contribution >= 0.6 is 11.3 Å². The van der Waals surface area contributed by atoms with Crippen LogP contribution in [0.2, 0.25) is 0 Å². The average Bonchev–Trinajstić information content (AvgIpc) is 3.50. The molecule has 0 spiro atoms. The summed E-state index contributed by atoms with van der Waals surface area (Å²) in [6.45, 7) is 4.94. The first-order valence-electron chi connectivity index (χ1n) is 11.3. The third-order valence-electron chi connectivity index (χ3n) is 6.27. The summed E-state index contributed by atoms with van der Waals surface area (Å²) in [5, 5.41) is 6.77. The molecule has 0 radical (unpaired) electrons. The van der Waals surface area contributed by atoms with Gasteiger partial charge in [0.2, 0.25) is 0 Å². The zero-order valence-electron chi connectivity index (χ0n) is 18.7. The number of amides is 2. The Kier molecular flexibility index (Phi) is 5.80. The Morgan fingerprint density at radius 3 is 2.76 bits per heavy atom. The predicted molar refractivity (Wildman–Crippen MR) is 128 cm³/mol. The molecule has 1 fully saturated rings. The minimum Gasteiger partial charge on any atom is -0.450 e. The Bertz CT molecular complexity index is 1320. The lowest BCUT2D eigenvalue weighted by atomic mass is 10.1. The van der Waals surface area contributed by atoms with Crippen LogP contribution in [0, 0.1) is 13.8 Å². The number of anilines is 1. The number of fused-ring (bicyclic) bond motifs is 2. The molecular formula is C25H26N2O5S. The number of hydrogen-bond donors (Lipinski definition) is 2. The lowest BCUT2D eigenvalue weighted by Gasteiger charge is -2.13. The maximum atomic E-state index is 13.1. The third kappa shape index (κ3) is 4.20. The summed E-state index contributed by atoms with van der Waals surface area (Å²) in [6, 6.07) is 4.89. The van der Waals surface area contributed by atoms with Crippen molar-refractivity contribution in [1.29, 1.82) is 0 Å². The standard InChI is InChI=1S/C25H26N2O5S/c1-13-9-14(2)22-17(10-13)18(28)11-19(32-22)23(29)27-25-21(16-6-3-7-20(16)33-25)24(30)26-12-15-5-4-8-31-15/h9-11,15H,3-8,12H2,1-2H3,(H,26,30)(H,27,29)/t15-/m0/s1. The second-order valence-corrected chi connectivity index (χ2v) is 9.90. The van der Waals surface area contributed by atoms with Crippen molar-refractivity contribution in [1.82, 2.24) is 5.32 Å².